The Balaban J connectivity index is 1.12. The maximum Gasteiger partial charge on any atom is 0.343 e. The van der Waals surface area contributed by atoms with Crippen LogP contribution < -0.4 is 9.47 Å². The Morgan fingerprint density at radius 1 is 0.542 bits per heavy atom. The Morgan fingerprint density at radius 2 is 0.938 bits per heavy atom. The Kier molecular flexibility index (Phi) is 12.2. The van der Waals surface area contributed by atoms with Crippen molar-refractivity contribution in [3.8, 4) is 11.5 Å². The first-order valence-corrected chi connectivity index (χ1v) is 16.5. The molecule has 0 unspecified atom stereocenters. The molecule has 5 rings (SSSR count). The summed E-state index contributed by atoms with van der Waals surface area (Å²) < 4.78 is 11.1. The second-order valence-corrected chi connectivity index (χ2v) is 11.6. The first kappa shape index (κ1) is 33.7. The fraction of sp³-hybridized carbons (Fsp3) is 0.190. The second kappa shape index (κ2) is 17.3. The molecule has 0 amide bonds. The highest BCUT2D eigenvalue weighted by molar-refractivity contribution is 5.93. The van der Waals surface area contributed by atoms with Crippen molar-refractivity contribution in [2.75, 3.05) is 0 Å². The molecule has 6 heteroatoms. The molecule has 0 radical (unpaired) electrons. The largest absolute Gasteiger partial charge is 0.423 e. The van der Waals surface area contributed by atoms with E-state index in [4.69, 9.17) is 9.47 Å². The number of nitrogens with zero attached hydrogens (tertiary/aromatic N) is 2. The number of unbranched alkanes of at least 4 members (excludes halogenated alkanes) is 2. The van der Waals surface area contributed by atoms with Crippen LogP contribution in [0.4, 0.5) is 11.4 Å². The quantitative estimate of drug-likeness (QED) is 0.0690. The van der Waals surface area contributed by atoms with Crippen LogP contribution in [0.2, 0.25) is 0 Å². The molecule has 0 fully saturated rings. The lowest BCUT2D eigenvalue weighted by Gasteiger charge is -2.08. The van der Waals surface area contributed by atoms with Crippen molar-refractivity contribution in [2.24, 2.45) is 9.98 Å². The summed E-state index contributed by atoms with van der Waals surface area (Å²) in [5.41, 5.74) is 6.89. The summed E-state index contributed by atoms with van der Waals surface area (Å²) in [6.07, 6.45) is 10.4. The van der Waals surface area contributed by atoms with Gasteiger partial charge >= 0.3 is 11.9 Å². The monoisotopic (exact) mass is 636 g/mol. The molecule has 5 aromatic rings. The van der Waals surface area contributed by atoms with Crippen LogP contribution in [0.15, 0.2) is 131 Å². The van der Waals surface area contributed by atoms with E-state index in [-0.39, 0.29) is 11.5 Å². The molecule has 0 bridgehead atoms. The highest BCUT2D eigenvalue weighted by atomic mass is 16.5. The van der Waals surface area contributed by atoms with E-state index in [0.717, 1.165) is 35.3 Å². The van der Waals surface area contributed by atoms with E-state index in [2.05, 4.69) is 48.1 Å². The molecular formula is C42H40N2O4. The molecule has 0 saturated carbocycles. The zero-order valence-electron chi connectivity index (χ0n) is 27.5. The summed E-state index contributed by atoms with van der Waals surface area (Å²) in [6, 6.07) is 37.0. The summed E-state index contributed by atoms with van der Waals surface area (Å²) in [6.45, 7) is 4.38. The third kappa shape index (κ3) is 10.2. The van der Waals surface area contributed by atoms with E-state index in [0.29, 0.717) is 11.1 Å². The Hall–Kier alpha value is -5.62. The van der Waals surface area contributed by atoms with Crippen LogP contribution >= 0.6 is 0 Å². The number of carbonyl (C=O) groups excluding carboxylic acids is 2. The van der Waals surface area contributed by atoms with E-state index < -0.39 is 11.9 Å². The van der Waals surface area contributed by atoms with E-state index in [1.807, 2.05) is 48.5 Å². The Labute approximate surface area is 282 Å². The SMILES string of the molecule is CCCCc1ccc(N=Cc2ccc(C(=O)Oc3cccc(OC(=O)c4ccc(C=Nc5ccc(CCCC)cc5)cc4)c3)cc2)cc1. The highest BCUT2D eigenvalue weighted by Gasteiger charge is 2.12. The van der Waals surface area contributed by atoms with Gasteiger partial charge in [0.2, 0.25) is 0 Å². The molecule has 0 spiro atoms. The molecule has 0 aliphatic carbocycles. The maximum atomic E-state index is 12.8. The van der Waals surface area contributed by atoms with Crippen molar-refractivity contribution in [1.29, 1.82) is 0 Å². The van der Waals surface area contributed by atoms with Crippen LogP contribution in [-0.2, 0) is 12.8 Å². The first-order valence-electron chi connectivity index (χ1n) is 16.5. The number of rotatable bonds is 14. The molecule has 0 aliphatic heterocycles. The molecule has 0 saturated heterocycles. The lowest BCUT2D eigenvalue weighted by molar-refractivity contribution is 0.0733. The molecule has 6 nitrogen and oxygen atoms in total. The number of carbonyl (C=O) groups is 2. The van der Waals surface area contributed by atoms with Crippen molar-refractivity contribution < 1.29 is 19.1 Å². The van der Waals surface area contributed by atoms with Crippen molar-refractivity contribution in [3.05, 3.63) is 155 Å². The van der Waals surface area contributed by atoms with Gasteiger partial charge in [-0.2, -0.15) is 0 Å². The zero-order valence-corrected chi connectivity index (χ0v) is 27.5. The lowest BCUT2D eigenvalue weighted by Crippen LogP contribution is -2.10. The van der Waals surface area contributed by atoms with Crippen LogP contribution in [0.25, 0.3) is 0 Å². The number of aryl methyl sites for hydroxylation is 2. The average molecular weight is 637 g/mol. The number of esters is 2. The van der Waals surface area contributed by atoms with Gasteiger partial charge in [-0.1, -0.05) is 81.3 Å². The number of hydrogen-bond acceptors (Lipinski definition) is 6. The number of ether oxygens (including phenoxy) is 2. The van der Waals surface area contributed by atoms with Gasteiger partial charge < -0.3 is 9.47 Å². The number of hydrogen-bond donors (Lipinski definition) is 0. The molecule has 0 N–H and O–H groups in total. The van der Waals surface area contributed by atoms with Gasteiger partial charge in [-0.3, -0.25) is 9.98 Å². The predicted molar refractivity (Wildman–Crippen MR) is 194 cm³/mol. The van der Waals surface area contributed by atoms with Crippen LogP contribution in [0.1, 0.15) is 82.5 Å². The first-order chi connectivity index (χ1) is 23.5. The molecule has 0 aromatic heterocycles. The second-order valence-electron chi connectivity index (χ2n) is 11.6. The molecule has 0 heterocycles. The van der Waals surface area contributed by atoms with E-state index >= 15 is 0 Å². The molecule has 242 valence electrons. The summed E-state index contributed by atoms with van der Waals surface area (Å²) in [4.78, 5) is 34.7. The zero-order chi connectivity index (χ0) is 33.6. The van der Waals surface area contributed by atoms with Crippen molar-refractivity contribution in [3.63, 3.8) is 0 Å². The van der Waals surface area contributed by atoms with Gasteiger partial charge in [0.1, 0.15) is 11.5 Å². The van der Waals surface area contributed by atoms with E-state index in [9.17, 15) is 9.59 Å². The van der Waals surface area contributed by atoms with Crippen molar-refractivity contribution >= 4 is 35.7 Å². The Morgan fingerprint density at radius 3 is 1.31 bits per heavy atom. The van der Waals surface area contributed by atoms with Gasteiger partial charge in [-0.05, 0) is 109 Å². The van der Waals surface area contributed by atoms with Gasteiger partial charge in [0.15, 0.2) is 0 Å². The summed E-state index contributed by atoms with van der Waals surface area (Å²) >= 11 is 0. The fourth-order valence-electron chi connectivity index (χ4n) is 4.90. The van der Waals surface area contributed by atoms with Crippen LogP contribution in [0, 0.1) is 0 Å². The minimum atomic E-state index is -0.519. The average Bonchev–Trinajstić information content (AvgIpc) is 3.12. The van der Waals surface area contributed by atoms with Crippen molar-refractivity contribution in [2.45, 2.75) is 52.4 Å². The molecular weight excluding hydrogens is 596 g/mol. The van der Waals surface area contributed by atoms with Crippen LogP contribution in [-0.4, -0.2) is 24.4 Å². The topological polar surface area (TPSA) is 77.3 Å². The molecule has 0 aliphatic rings. The molecule has 5 aromatic carbocycles. The van der Waals surface area contributed by atoms with Gasteiger partial charge in [0.05, 0.1) is 22.5 Å². The summed E-state index contributed by atoms with van der Waals surface area (Å²) in [5.74, 6) is -0.504. The molecule has 0 atom stereocenters. The number of benzene rings is 5. The predicted octanol–water partition coefficient (Wildman–Crippen LogP) is 10.3. The summed E-state index contributed by atoms with van der Waals surface area (Å²) in [5, 5.41) is 0. The van der Waals surface area contributed by atoms with E-state index in [1.54, 1.807) is 54.9 Å². The standard InChI is InChI=1S/C42H40N2O4/c1-3-5-8-31-16-24-37(25-17-31)43-29-33-12-20-35(21-13-33)41(45)47-39-10-7-11-40(28-39)48-42(46)36-22-14-34(15-23-36)30-44-38-26-18-32(19-27-38)9-6-4-2/h7,10-30H,3-6,8-9H2,1-2H3. The van der Waals surface area contributed by atoms with Crippen LogP contribution in [0.5, 0.6) is 11.5 Å². The molecule has 48 heavy (non-hydrogen) atoms. The van der Waals surface area contributed by atoms with Gasteiger partial charge in [0.25, 0.3) is 0 Å². The highest BCUT2D eigenvalue weighted by Crippen LogP contribution is 2.22. The van der Waals surface area contributed by atoms with E-state index in [1.165, 1.54) is 42.9 Å². The lowest BCUT2D eigenvalue weighted by atomic mass is 10.1. The van der Waals surface area contributed by atoms with Crippen molar-refractivity contribution in [1.82, 2.24) is 0 Å². The van der Waals surface area contributed by atoms with Gasteiger partial charge in [0, 0.05) is 18.5 Å². The van der Waals surface area contributed by atoms with Crippen LogP contribution in [0.3, 0.4) is 0 Å². The smallest absolute Gasteiger partial charge is 0.343 e. The minimum Gasteiger partial charge on any atom is -0.423 e. The van der Waals surface area contributed by atoms with Gasteiger partial charge in [-0.25, -0.2) is 9.59 Å². The third-order valence-corrected chi connectivity index (χ3v) is 7.76. The number of aliphatic imine (C=N–C) groups is 2. The Bertz CT molecular complexity index is 1710. The van der Waals surface area contributed by atoms with Gasteiger partial charge in [-0.15, -0.1) is 0 Å². The fourth-order valence-corrected chi connectivity index (χ4v) is 4.90. The summed E-state index contributed by atoms with van der Waals surface area (Å²) in [7, 11) is 0. The minimum absolute atomic E-state index is 0.267. The maximum absolute atomic E-state index is 12.8. The normalized spacial score (nSPS) is 11.2. The third-order valence-electron chi connectivity index (χ3n) is 7.76.